The van der Waals surface area contributed by atoms with Gasteiger partial charge in [0.25, 0.3) is 0 Å². The Morgan fingerprint density at radius 2 is 2.28 bits per heavy atom. The molecule has 18 heavy (non-hydrogen) atoms. The van der Waals surface area contributed by atoms with Gasteiger partial charge in [-0.1, -0.05) is 12.1 Å². The molecule has 0 saturated heterocycles. The van der Waals surface area contributed by atoms with Gasteiger partial charge in [-0.15, -0.1) is 0 Å². The van der Waals surface area contributed by atoms with Crippen LogP contribution in [0.2, 0.25) is 0 Å². The summed E-state index contributed by atoms with van der Waals surface area (Å²) >= 11 is 0. The van der Waals surface area contributed by atoms with Gasteiger partial charge in [-0.2, -0.15) is 0 Å². The minimum Gasteiger partial charge on any atom is -0.497 e. The minimum absolute atomic E-state index is 0.0391. The summed E-state index contributed by atoms with van der Waals surface area (Å²) in [5.41, 5.74) is 6.79. The largest absolute Gasteiger partial charge is 0.497 e. The highest BCUT2D eigenvalue weighted by molar-refractivity contribution is 5.70. The Hall–Kier alpha value is -1.55. The maximum absolute atomic E-state index is 11.6. The van der Waals surface area contributed by atoms with Crippen molar-refractivity contribution in [3.05, 3.63) is 29.8 Å². The maximum Gasteiger partial charge on any atom is 0.307 e. The van der Waals surface area contributed by atoms with Gasteiger partial charge in [0.05, 0.1) is 13.5 Å². The van der Waals surface area contributed by atoms with Gasteiger partial charge in [0.2, 0.25) is 0 Å². The predicted molar refractivity (Wildman–Crippen MR) is 68.1 cm³/mol. The van der Waals surface area contributed by atoms with Crippen LogP contribution >= 0.6 is 0 Å². The van der Waals surface area contributed by atoms with Gasteiger partial charge in [0, 0.05) is 6.04 Å². The first kappa shape index (κ1) is 12.9. The zero-order valence-electron chi connectivity index (χ0n) is 10.6. The first-order valence-electron chi connectivity index (χ1n) is 6.23. The van der Waals surface area contributed by atoms with E-state index in [2.05, 4.69) is 0 Å². The van der Waals surface area contributed by atoms with Gasteiger partial charge < -0.3 is 15.2 Å². The van der Waals surface area contributed by atoms with Crippen LogP contribution in [0.1, 0.15) is 24.8 Å². The van der Waals surface area contributed by atoms with Gasteiger partial charge >= 0.3 is 5.97 Å². The number of nitrogens with two attached hydrogens (primary N) is 1. The number of methoxy groups -OCH3 is 1. The lowest BCUT2D eigenvalue weighted by molar-refractivity contribution is -0.145. The molecule has 1 aliphatic rings. The van der Waals surface area contributed by atoms with Crippen LogP contribution in [0.5, 0.6) is 5.75 Å². The second kappa shape index (κ2) is 5.87. The molecule has 0 aromatic heterocycles. The molecule has 1 fully saturated rings. The molecule has 1 saturated carbocycles. The average Bonchev–Trinajstić information content (AvgIpc) is 3.21. The highest BCUT2D eigenvalue weighted by atomic mass is 16.5. The third-order valence-electron chi connectivity index (χ3n) is 3.16. The van der Waals surface area contributed by atoms with Crippen LogP contribution in [0.15, 0.2) is 24.3 Å². The van der Waals surface area contributed by atoms with Crippen molar-refractivity contribution in [1.29, 1.82) is 0 Å². The van der Waals surface area contributed by atoms with E-state index in [1.165, 1.54) is 0 Å². The summed E-state index contributed by atoms with van der Waals surface area (Å²) in [6, 6.07) is 7.44. The van der Waals surface area contributed by atoms with Crippen LogP contribution in [-0.2, 0) is 16.1 Å². The number of carbonyl (C=O) groups excluding carboxylic acids is 1. The van der Waals surface area contributed by atoms with Crippen LogP contribution in [0.3, 0.4) is 0 Å². The van der Waals surface area contributed by atoms with Gasteiger partial charge in [0.15, 0.2) is 0 Å². The molecular formula is C14H19NO3. The van der Waals surface area contributed by atoms with Crippen LogP contribution < -0.4 is 10.5 Å². The van der Waals surface area contributed by atoms with E-state index in [1.807, 2.05) is 24.3 Å². The van der Waals surface area contributed by atoms with E-state index in [9.17, 15) is 4.79 Å². The monoisotopic (exact) mass is 249 g/mol. The van der Waals surface area contributed by atoms with Crippen molar-refractivity contribution in [3.63, 3.8) is 0 Å². The number of carbonyl (C=O) groups is 1. The summed E-state index contributed by atoms with van der Waals surface area (Å²) < 4.78 is 10.3. The molecule has 2 rings (SSSR count). The molecule has 0 spiro atoms. The molecule has 2 N–H and O–H groups in total. The summed E-state index contributed by atoms with van der Waals surface area (Å²) in [7, 11) is 1.61. The van der Waals surface area contributed by atoms with Crippen LogP contribution in [0, 0.1) is 5.92 Å². The van der Waals surface area contributed by atoms with Crippen molar-refractivity contribution in [2.75, 3.05) is 7.11 Å². The summed E-state index contributed by atoms with van der Waals surface area (Å²) in [6.07, 6.45) is 2.60. The fraction of sp³-hybridized carbons (Fsp3) is 0.500. The minimum atomic E-state index is -0.225. The molecule has 1 atom stereocenters. The second-order valence-electron chi connectivity index (χ2n) is 4.72. The topological polar surface area (TPSA) is 61.5 Å². The smallest absolute Gasteiger partial charge is 0.307 e. The lowest BCUT2D eigenvalue weighted by atomic mass is 10.1. The first-order valence-corrected chi connectivity index (χ1v) is 6.23. The summed E-state index contributed by atoms with van der Waals surface area (Å²) in [6.45, 7) is 0.271. The Balaban J connectivity index is 1.77. The van der Waals surface area contributed by atoms with E-state index in [0.29, 0.717) is 12.3 Å². The highest BCUT2D eigenvalue weighted by Crippen LogP contribution is 2.32. The molecular weight excluding hydrogens is 230 g/mol. The highest BCUT2D eigenvalue weighted by Gasteiger charge is 2.30. The fourth-order valence-corrected chi connectivity index (χ4v) is 1.87. The number of hydrogen-bond donors (Lipinski definition) is 1. The average molecular weight is 249 g/mol. The molecule has 0 aliphatic heterocycles. The third-order valence-corrected chi connectivity index (χ3v) is 3.16. The standard InChI is InChI=1S/C14H19NO3/c1-17-12-4-2-3-10(7-12)9-18-14(16)8-13(15)11-5-6-11/h2-4,7,11,13H,5-6,8-9,15H2,1H3. The second-order valence-corrected chi connectivity index (χ2v) is 4.72. The molecule has 0 bridgehead atoms. The number of esters is 1. The Bertz CT molecular complexity index is 415. The summed E-state index contributed by atoms with van der Waals surface area (Å²) in [4.78, 5) is 11.6. The van der Waals surface area contributed by atoms with Crippen molar-refractivity contribution in [2.45, 2.75) is 31.9 Å². The van der Waals surface area contributed by atoms with Crippen molar-refractivity contribution >= 4 is 5.97 Å². The number of benzene rings is 1. The van der Waals surface area contributed by atoms with Gasteiger partial charge in [-0.25, -0.2) is 0 Å². The van der Waals surface area contributed by atoms with Crippen LogP contribution in [-0.4, -0.2) is 19.1 Å². The lowest BCUT2D eigenvalue weighted by Crippen LogP contribution is -2.26. The van der Waals surface area contributed by atoms with E-state index < -0.39 is 0 Å². The zero-order chi connectivity index (χ0) is 13.0. The molecule has 1 unspecified atom stereocenters. The molecule has 1 aliphatic carbocycles. The molecule has 0 radical (unpaired) electrons. The summed E-state index contributed by atoms with van der Waals surface area (Å²) in [5, 5.41) is 0. The van der Waals surface area contributed by atoms with Crippen molar-refractivity contribution < 1.29 is 14.3 Å². The van der Waals surface area contributed by atoms with Crippen molar-refractivity contribution in [3.8, 4) is 5.75 Å². The van der Waals surface area contributed by atoms with Crippen LogP contribution in [0.25, 0.3) is 0 Å². The van der Waals surface area contributed by atoms with E-state index in [4.69, 9.17) is 15.2 Å². The third kappa shape index (κ3) is 3.74. The van der Waals surface area contributed by atoms with E-state index in [-0.39, 0.29) is 18.6 Å². The van der Waals surface area contributed by atoms with E-state index >= 15 is 0 Å². The zero-order valence-corrected chi connectivity index (χ0v) is 10.6. The normalized spacial score (nSPS) is 16.1. The lowest BCUT2D eigenvalue weighted by Gasteiger charge is -2.10. The van der Waals surface area contributed by atoms with Gasteiger partial charge in [-0.05, 0) is 36.5 Å². The Kier molecular flexibility index (Phi) is 4.20. The van der Waals surface area contributed by atoms with E-state index in [1.54, 1.807) is 7.11 Å². The molecule has 0 heterocycles. The van der Waals surface area contributed by atoms with E-state index in [0.717, 1.165) is 24.2 Å². The maximum atomic E-state index is 11.6. The fourth-order valence-electron chi connectivity index (χ4n) is 1.87. The molecule has 98 valence electrons. The SMILES string of the molecule is COc1cccc(COC(=O)CC(N)C2CC2)c1. The van der Waals surface area contributed by atoms with Gasteiger partial charge in [-0.3, -0.25) is 4.79 Å². The molecule has 4 nitrogen and oxygen atoms in total. The summed E-state index contributed by atoms with van der Waals surface area (Å²) in [5.74, 6) is 1.06. The number of ether oxygens (including phenoxy) is 2. The van der Waals surface area contributed by atoms with Crippen molar-refractivity contribution in [2.24, 2.45) is 11.7 Å². The first-order chi connectivity index (χ1) is 8.69. The Labute approximate surface area is 107 Å². The molecule has 1 aromatic rings. The molecule has 0 amide bonds. The van der Waals surface area contributed by atoms with Crippen LogP contribution in [0.4, 0.5) is 0 Å². The quantitative estimate of drug-likeness (QED) is 0.782. The predicted octanol–water partition coefficient (Wildman–Crippen LogP) is 1.87. The number of rotatable bonds is 6. The number of hydrogen-bond acceptors (Lipinski definition) is 4. The molecule has 4 heteroatoms. The van der Waals surface area contributed by atoms with Gasteiger partial charge in [0.1, 0.15) is 12.4 Å². The van der Waals surface area contributed by atoms with Crippen molar-refractivity contribution in [1.82, 2.24) is 0 Å². The Morgan fingerprint density at radius 1 is 1.50 bits per heavy atom. The Morgan fingerprint density at radius 3 is 2.94 bits per heavy atom. The molecule has 1 aromatic carbocycles.